The third-order valence-corrected chi connectivity index (χ3v) is 9.74. The molecule has 0 radical (unpaired) electrons. The van der Waals surface area contributed by atoms with Crippen molar-refractivity contribution >= 4 is 37.5 Å². The summed E-state index contributed by atoms with van der Waals surface area (Å²) in [5.74, 6) is -0.321. The molecule has 0 unspecified atom stereocenters. The molecule has 3 aromatic heterocycles. The molecule has 0 aliphatic carbocycles. The lowest BCUT2D eigenvalue weighted by molar-refractivity contribution is -0.286. The van der Waals surface area contributed by atoms with Crippen LogP contribution in [0.15, 0.2) is 72.0 Å². The number of thiazole rings is 1. The van der Waals surface area contributed by atoms with E-state index in [9.17, 15) is 17.2 Å². The fourth-order valence-corrected chi connectivity index (χ4v) is 7.19. The molecule has 210 valence electrons. The highest BCUT2D eigenvalue weighted by Crippen LogP contribution is 2.49. The van der Waals surface area contributed by atoms with Gasteiger partial charge in [-0.1, -0.05) is 41.2 Å². The minimum absolute atomic E-state index is 0.0689. The van der Waals surface area contributed by atoms with Crippen molar-refractivity contribution in [2.24, 2.45) is 0 Å². The van der Waals surface area contributed by atoms with Gasteiger partial charge in [-0.2, -0.15) is 0 Å². The number of hydrogen-bond donors (Lipinski definition) is 0. The Hall–Kier alpha value is -4.07. The summed E-state index contributed by atoms with van der Waals surface area (Å²) in [7, 11) is -4.09. The molecule has 5 aromatic rings. The Balaban J connectivity index is 1.40. The second kappa shape index (κ2) is 9.50. The predicted molar refractivity (Wildman–Crippen MR) is 149 cm³/mol. The van der Waals surface area contributed by atoms with Gasteiger partial charge in [0.05, 0.1) is 23.0 Å². The molecule has 2 aliphatic heterocycles. The van der Waals surface area contributed by atoms with Crippen LogP contribution in [0.5, 0.6) is 11.5 Å². The van der Waals surface area contributed by atoms with E-state index in [-0.39, 0.29) is 27.6 Å². The number of benzene rings is 2. The number of pyridine rings is 1. The van der Waals surface area contributed by atoms with Gasteiger partial charge in [0, 0.05) is 53.8 Å². The van der Waals surface area contributed by atoms with E-state index in [0.717, 1.165) is 32.6 Å². The van der Waals surface area contributed by atoms with Crippen LogP contribution in [-0.4, -0.2) is 55.0 Å². The Labute approximate surface area is 237 Å². The Morgan fingerprint density at radius 3 is 2.54 bits per heavy atom. The molecular weight excluding hydrogens is 574 g/mol. The van der Waals surface area contributed by atoms with Gasteiger partial charge in [0.15, 0.2) is 22.3 Å². The first-order chi connectivity index (χ1) is 19.7. The number of aromatic nitrogens is 3. The van der Waals surface area contributed by atoms with Crippen LogP contribution in [0.1, 0.15) is 5.56 Å². The van der Waals surface area contributed by atoms with E-state index >= 15 is 0 Å². The van der Waals surface area contributed by atoms with Crippen molar-refractivity contribution in [2.45, 2.75) is 18.1 Å². The van der Waals surface area contributed by atoms with Gasteiger partial charge in [0.2, 0.25) is 0 Å². The van der Waals surface area contributed by atoms with E-state index in [0.29, 0.717) is 29.7 Å². The van der Waals surface area contributed by atoms with Gasteiger partial charge < -0.3 is 19.1 Å². The van der Waals surface area contributed by atoms with Crippen molar-refractivity contribution in [1.29, 1.82) is 0 Å². The molecular formula is C28H22F2N4O5S2. The minimum atomic E-state index is -4.09. The second-order valence-electron chi connectivity index (χ2n) is 9.66. The summed E-state index contributed by atoms with van der Waals surface area (Å²) in [4.78, 5) is 12.2. The highest BCUT2D eigenvalue weighted by atomic mass is 32.2. The Bertz CT molecular complexity index is 1900. The standard InChI is InChI=1S/C28H22F2N4O5S2/c1-17-5-7-19(8-6-17)41(35,36)34-16-22(20-3-2-4-23-25(20)39-28(29,30)38-23)21-13-18(14-31-26(21)34)24-15-32-27(40-24)33-9-11-37-12-10-33/h2-8,13-16H,9-12H2,1H3. The Kier molecular flexibility index (Phi) is 5.99. The first-order valence-corrected chi connectivity index (χ1v) is 15.0. The third kappa shape index (κ3) is 4.49. The van der Waals surface area contributed by atoms with Crippen molar-refractivity contribution in [3.05, 3.63) is 72.7 Å². The zero-order valence-corrected chi connectivity index (χ0v) is 23.2. The van der Waals surface area contributed by atoms with Gasteiger partial charge >= 0.3 is 6.29 Å². The number of nitrogens with zero attached hydrogens (tertiary/aromatic N) is 4. The Morgan fingerprint density at radius 2 is 1.76 bits per heavy atom. The second-order valence-corrected chi connectivity index (χ2v) is 12.5. The molecule has 0 saturated carbocycles. The normalized spacial score (nSPS) is 16.4. The van der Waals surface area contributed by atoms with E-state index < -0.39 is 16.3 Å². The first kappa shape index (κ1) is 25.9. The van der Waals surface area contributed by atoms with Crippen LogP contribution in [-0.2, 0) is 14.8 Å². The lowest BCUT2D eigenvalue weighted by Gasteiger charge is -2.25. The fraction of sp³-hybridized carbons (Fsp3) is 0.214. The number of anilines is 1. The van der Waals surface area contributed by atoms with Crippen LogP contribution >= 0.6 is 11.3 Å². The third-order valence-electron chi connectivity index (χ3n) is 6.97. The summed E-state index contributed by atoms with van der Waals surface area (Å²) >= 11 is 1.48. The van der Waals surface area contributed by atoms with Gasteiger partial charge in [0.1, 0.15) is 0 Å². The maximum Gasteiger partial charge on any atom is 0.586 e. The molecule has 0 amide bonds. The van der Waals surface area contributed by atoms with Crippen LogP contribution in [0.3, 0.4) is 0 Å². The van der Waals surface area contributed by atoms with Crippen molar-refractivity contribution in [3.8, 4) is 33.1 Å². The van der Waals surface area contributed by atoms with Gasteiger partial charge in [0.25, 0.3) is 10.0 Å². The molecule has 2 aliphatic rings. The lowest BCUT2D eigenvalue weighted by atomic mass is 10.0. The van der Waals surface area contributed by atoms with Crippen molar-refractivity contribution in [3.63, 3.8) is 0 Å². The molecule has 2 aromatic carbocycles. The molecule has 1 saturated heterocycles. The van der Waals surface area contributed by atoms with Gasteiger partial charge in [-0.05, 0) is 31.2 Å². The van der Waals surface area contributed by atoms with Crippen molar-refractivity contribution < 1.29 is 31.4 Å². The molecule has 0 bridgehead atoms. The topological polar surface area (TPSA) is 95.8 Å². The van der Waals surface area contributed by atoms with E-state index in [1.165, 1.54) is 35.7 Å². The van der Waals surface area contributed by atoms with Crippen LogP contribution in [0, 0.1) is 6.92 Å². The van der Waals surface area contributed by atoms with Crippen LogP contribution < -0.4 is 14.4 Å². The van der Waals surface area contributed by atoms with E-state index in [4.69, 9.17) is 9.47 Å². The average molecular weight is 597 g/mol. The summed E-state index contributed by atoms with van der Waals surface area (Å²) in [6.07, 6.45) is 0.882. The summed E-state index contributed by atoms with van der Waals surface area (Å²) in [6, 6.07) is 12.7. The number of hydrogen-bond acceptors (Lipinski definition) is 9. The lowest BCUT2D eigenvalue weighted by Crippen LogP contribution is -2.36. The monoisotopic (exact) mass is 596 g/mol. The molecule has 13 heteroatoms. The Morgan fingerprint density at radius 1 is 0.976 bits per heavy atom. The molecule has 5 heterocycles. The van der Waals surface area contributed by atoms with Crippen LogP contribution in [0.25, 0.3) is 32.6 Å². The summed E-state index contributed by atoms with van der Waals surface area (Å²) in [6.45, 7) is 4.59. The average Bonchev–Trinajstić information content (AvgIpc) is 3.68. The van der Waals surface area contributed by atoms with Crippen LogP contribution in [0.4, 0.5) is 13.9 Å². The quantitative estimate of drug-likeness (QED) is 0.261. The number of para-hydroxylation sites is 1. The summed E-state index contributed by atoms with van der Waals surface area (Å²) in [5.41, 5.74) is 2.35. The zero-order valence-electron chi connectivity index (χ0n) is 21.6. The molecule has 1 fully saturated rings. The number of aryl methyl sites for hydroxylation is 1. The molecule has 0 atom stereocenters. The number of fused-ring (bicyclic) bond motifs is 2. The summed E-state index contributed by atoms with van der Waals surface area (Å²) in [5, 5.41) is 1.28. The SMILES string of the molecule is Cc1ccc(S(=O)(=O)n2cc(-c3cccc4c3OC(F)(F)O4)c3cc(-c4cnc(N5CCOCC5)s4)cnc32)cc1. The smallest absolute Gasteiger partial charge is 0.395 e. The largest absolute Gasteiger partial charge is 0.586 e. The predicted octanol–water partition coefficient (Wildman–Crippen LogP) is 5.53. The van der Waals surface area contributed by atoms with Gasteiger partial charge in [-0.3, -0.25) is 0 Å². The van der Waals surface area contributed by atoms with Crippen molar-refractivity contribution in [2.75, 3.05) is 31.2 Å². The zero-order chi connectivity index (χ0) is 28.4. The highest BCUT2D eigenvalue weighted by Gasteiger charge is 2.45. The summed E-state index contributed by atoms with van der Waals surface area (Å²) < 4.78 is 71.7. The number of ether oxygens (including phenoxy) is 3. The van der Waals surface area contributed by atoms with E-state index in [2.05, 4.69) is 19.6 Å². The van der Waals surface area contributed by atoms with Gasteiger partial charge in [-0.15, -0.1) is 8.78 Å². The molecule has 7 rings (SSSR count). The minimum Gasteiger partial charge on any atom is -0.395 e. The maximum atomic E-state index is 14.1. The maximum absolute atomic E-state index is 14.1. The first-order valence-electron chi connectivity index (χ1n) is 12.7. The number of halogens is 2. The van der Waals surface area contributed by atoms with Crippen LogP contribution in [0.2, 0.25) is 0 Å². The van der Waals surface area contributed by atoms with Gasteiger partial charge in [-0.25, -0.2) is 22.4 Å². The highest BCUT2D eigenvalue weighted by molar-refractivity contribution is 7.90. The van der Waals surface area contributed by atoms with E-state index in [1.807, 2.05) is 6.92 Å². The number of rotatable bonds is 5. The number of morpholine rings is 1. The number of alkyl halides is 2. The molecule has 0 N–H and O–H groups in total. The molecule has 41 heavy (non-hydrogen) atoms. The molecule has 0 spiro atoms. The van der Waals surface area contributed by atoms with Crippen molar-refractivity contribution in [1.82, 2.24) is 13.9 Å². The van der Waals surface area contributed by atoms with E-state index in [1.54, 1.807) is 42.7 Å². The fourth-order valence-electron chi connectivity index (χ4n) is 4.92. The molecule has 9 nitrogen and oxygen atoms in total.